The van der Waals surface area contributed by atoms with Crippen molar-refractivity contribution < 1.29 is 4.79 Å². The van der Waals surface area contributed by atoms with Gasteiger partial charge >= 0.3 is 0 Å². The molecule has 0 aromatic carbocycles. The van der Waals surface area contributed by atoms with Crippen molar-refractivity contribution in [2.24, 2.45) is 0 Å². The molecule has 9 heteroatoms. The van der Waals surface area contributed by atoms with Crippen molar-refractivity contribution in [1.29, 1.82) is 0 Å². The summed E-state index contributed by atoms with van der Waals surface area (Å²) in [4.78, 5) is 23.6. The molecule has 0 bridgehead atoms. The summed E-state index contributed by atoms with van der Waals surface area (Å²) in [5, 5.41) is 10.6. The summed E-state index contributed by atoms with van der Waals surface area (Å²) < 4.78 is 3.00. The van der Waals surface area contributed by atoms with Crippen molar-refractivity contribution in [2.45, 2.75) is 6.54 Å². The predicted octanol–water partition coefficient (Wildman–Crippen LogP) is -0.108. The molecule has 1 amide bonds. The molecule has 3 aromatic heterocycles. The quantitative estimate of drug-likeness (QED) is 0.709. The van der Waals surface area contributed by atoms with Gasteiger partial charge in [-0.25, -0.2) is 24.3 Å². The first-order valence-corrected chi connectivity index (χ1v) is 5.75. The number of carbonyl (C=O) groups excluding carboxylic acids is 1. The average molecular weight is 270 g/mol. The van der Waals surface area contributed by atoms with Crippen LogP contribution in [0.15, 0.2) is 43.5 Å². The maximum absolute atomic E-state index is 11.8. The van der Waals surface area contributed by atoms with Gasteiger partial charge in [-0.15, -0.1) is 0 Å². The van der Waals surface area contributed by atoms with Gasteiger partial charge in [-0.3, -0.25) is 4.79 Å². The van der Waals surface area contributed by atoms with Crippen molar-refractivity contribution >= 4 is 11.7 Å². The second-order valence-electron chi connectivity index (χ2n) is 3.85. The van der Waals surface area contributed by atoms with Crippen LogP contribution in [0.3, 0.4) is 0 Å². The Bertz CT molecular complexity index is 691. The van der Waals surface area contributed by atoms with Crippen LogP contribution in [0.4, 0.5) is 5.82 Å². The molecule has 0 unspecified atom stereocenters. The summed E-state index contributed by atoms with van der Waals surface area (Å²) >= 11 is 0. The minimum atomic E-state index is -0.249. The van der Waals surface area contributed by atoms with E-state index in [4.69, 9.17) is 0 Å². The third kappa shape index (κ3) is 2.66. The Labute approximate surface area is 113 Å². The molecule has 0 radical (unpaired) electrons. The van der Waals surface area contributed by atoms with Crippen molar-refractivity contribution in [3.05, 3.63) is 43.5 Å². The van der Waals surface area contributed by atoms with E-state index in [9.17, 15) is 4.79 Å². The molecule has 0 spiro atoms. The van der Waals surface area contributed by atoms with Gasteiger partial charge < -0.3 is 5.32 Å². The summed E-state index contributed by atoms with van der Waals surface area (Å²) in [6.45, 7) is 0.0705. The normalized spacial score (nSPS) is 10.4. The van der Waals surface area contributed by atoms with E-state index in [-0.39, 0.29) is 12.5 Å². The summed E-state index contributed by atoms with van der Waals surface area (Å²) in [7, 11) is 0. The van der Waals surface area contributed by atoms with E-state index in [1.165, 1.54) is 23.7 Å². The van der Waals surface area contributed by atoms with Crippen molar-refractivity contribution in [1.82, 2.24) is 34.5 Å². The van der Waals surface area contributed by atoms with E-state index >= 15 is 0 Å². The highest BCUT2D eigenvalue weighted by Crippen LogP contribution is 2.07. The molecule has 3 rings (SSSR count). The van der Waals surface area contributed by atoms with E-state index < -0.39 is 0 Å². The lowest BCUT2D eigenvalue weighted by atomic mass is 10.5. The summed E-state index contributed by atoms with van der Waals surface area (Å²) in [5.74, 6) is 0.720. The van der Waals surface area contributed by atoms with E-state index in [1.807, 2.05) is 0 Å². The number of carbonyl (C=O) groups is 1. The number of nitrogens with one attached hydrogen (secondary N) is 1. The van der Waals surface area contributed by atoms with Crippen LogP contribution in [0.25, 0.3) is 5.82 Å². The van der Waals surface area contributed by atoms with Gasteiger partial charge in [-0.1, -0.05) is 0 Å². The molecule has 3 aromatic rings. The number of rotatable bonds is 4. The Kier molecular flexibility index (Phi) is 3.15. The van der Waals surface area contributed by atoms with E-state index in [0.717, 1.165) is 0 Å². The lowest BCUT2D eigenvalue weighted by molar-refractivity contribution is -0.116. The fourth-order valence-corrected chi connectivity index (χ4v) is 1.59. The molecule has 20 heavy (non-hydrogen) atoms. The predicted molar refractivity (Wildman–Crippen MR) is 67.8 cm³/mol. The first kappa shape index (κ1) is 12.0. The van der Waals surface area contributed by atoms with Gasteiger partial charge in [0.05, 0.1) is 0 Å². The molecule has 0 atom stereocenters. The van der Waals surface area contributed by atoms with Crippen molar-refractivity contribution in [3.63, 3.8) is 0 Å². The van der Waals surface area contributed by atoms with Crippen LogP contribution in [-0.2, 0) is 11.3 Å². The standard InChI is InChI=1S/C11H10N8O/c20-11(5-18-8-12-6-16-18)17-9-4-10(14-7-13-9)19-3-1-2-15-19/h1-4,6-8H,5H2,(H,13,14,17,20). The molecule has 0 aliphatic carbocycles. The Hall–Kier alpha value is -3.10. The minimum absolute atomic E-state index is 0.0705. The smallest absolute Gasteiger partial charge is 0.247 e. The Balaban J connectivity index is 1.71. The van der Waals surface area contributed by atoms with Gasteiger partial charge in [-0.05, 0) is 6.07 Å². The van der Waals surface area contributed by atoms with Gasteiger partial charge in [0.15, 0.2) is 5.82 Å². The fourth-order valence-electron chi connectivity index (χ4n) is 1.59. The van der Waals surface area contributed by atoms with Crippen molar-refractivity contribution in [3.8, 4) is 5.82 Å². The molecule has 0 aliphatic heterocycles. The summed E-state index contributed by atoms with van der Waals surface area (Å²) in [6.07, 6.45) is 7.60. The number of nitrogens with zero attached hydrogens (tertiary/aromatic N) is 7. The number of hydrogen-bond acceptors (Lipinski definition) is 6. The second kappa shape index (κ2) is 5.26. The highest BCUT2D eigenvalue weighted by Gasteiger charge is 2.07. The average Bonchev–Trinajstić information content (AvgIpc) is 3.11. The van der Waals surface area contributed by atoms with Crippen LogP contribution < -0.4 is 5.32 Å². The first-order chi connectivity index (χ1) is 9.81. The summed E-state index contributed by atoms with van der Waals surface area (Å²) in [5.41, 5.74) is 0. The van der Waals surface area contributed by atoms with Crippen molar-refractivity contribution in [2.75, 3.05) is 5.32 Å². The number of hydrogen-bond donors (Lipinski definition) is 1. The molecule has 1 N–H and O–H groups in total. The SMILES string of the molecule is O=C(Cn1cncn1)Nc1cc(-n2cccn2)ncn1. The molecule has 100 valence electrons. The number of anilines is 1. The maximum Gasteiger partial charge on any atom is 0.247 e. The summed E-state index contributed by atoms with van der Waals surface area (Å²) in [6, 6.07) is 3.41. The minimum Gasteiger partial charge on any atom is -0.309 e. The van der Waals surface area contributed by atoms with Crippen LogP contribution in [-0.4, -0.2) is 40.4 Å². The Morgan fingerprint density at radius 3 is 2.95 bits per heavy atom. The largest absolute Gasteiger partial charge is 0.309 e. The van der Waals surface area contributed by atoms with Crippen LogP contribution >= 0.6 is 0 Å². The molecule has 0 saturated heterocycles. The zero-order valence-electron chi connectivity index (χ0n) is 10.3. The van der Waals surface area contributed by atoms with Gasteiger partial charge in [0.25, 0.3) is 0 Å². The van der Waals surface area contributed by atoms with Crippen LogP contribution in [0, 0.1) is 0 Å². The van der Waals surface area contributed by atoms with Gasteiger partial charge in [0.2, 0.25) is 5.91 Å². The van der Waals surface area contributed by atoms with Gasteiger partial charge in [0.1, 0.15) is 31.3 Å². The molecule has 0 aliphatic rings. The lowest BCUT2D eigenvalue weighted by Gasteiger charge is -2.05. The number of aromatic nitrogens is 7. The topological polar surface area (TPSA) is 103 Å². The second-order valence-corrected chi connectivity index (χ2v) is 3.85. The molecular formula is C11H10N8O. The van der Waals surface area contributed by atoms with E-state index in [0.29, 0.717) is 11.6 Å². The number of amides is 1. The lowest BCUT2D eigenvalue weighted by Crippen LogP contribution is -2.20. The third-order valence-corrected chi connectivity index (χ3v) is 2.43. The third-order valence-electron chi connectivity index (χ3n) is 2.43. The molecule has 3 heterocycles. The van der Waals surface area contributed by atoms with Crippen LogP contribution in [0.5, 0.6) is 0 Å². The Morgan fingerprint density at radius 2 is 2.20 bits per heavy atom. The fraction of sp³-hybridized carbons (Fsp3) is 0.0909. The van der Waals surface area contributed by atoms with Crippen LogP contribution in [0.1, 0.15) is 0 Å². The monoisotopic (exact) mass is 270 g/mol. The molecular weight excluding hydrogens is 260 g/mol. The van der Waals surface area contributed by atoms with E-state index in [1.54, 1.807) is 29.2 Å². The highest BCUT2D eigenvalue weighted by atomic mass is 16.2. The van der Waals surface area contributed by atoms with E-state index in [2.05, 4.69) is 30.5 Å². The maximum atomic E-state index is 11.8. The van der Waals surface area contributed by atoms with Gasteiger partial charge in [0, 0.05) is 18.5 Å². The first-order valence-electron chi connectivity index (χ1n) is 5.75. The molecule has 0 fully saturated rings. The zero-order valence-corrected chi connectivity index (χ0v) is 10.3. The van der Waals surface area contributed by atoms with Crippen LogP contribution in [0.2, 0.25) is 0 Å². The highest BCUT2D eigenvalue weighted by molar-refractivity contribution is 5.89. The zero-order chi connectivity index (χ0) is 13.8. The Morgan fingerprint density at radius 1 is 1.25 bits per heavy atom. The molecule has 9 nitrogen and oxygen atoms in total. The van der Waals surface area contributed by atoms with Gasteiger partial charge in [-0.2, -0.15) is 10.2 Å². The molecule has 0 saturated carbocycles.